The van der Waals surface area contributed by atoms with E-state index in [1.165, 1.54) is 23.9 Å². The molecule has 0 spiro atoms. The van der Waals surface area contributed by atoms with Gasteiger partial charge in [0.05, 0.1) is 16.0 Å². The number of hydrogen-bond donors (Lipinski definition) is 1. The third-order valence-corrected chi connectivity index (χ3v) is 2.86. The van der Waals surface area contributed by atoms with Crippen LogP contribution in [0.15, 0.2) is 36.0 Å². The van der Waals surface area contributed by atoms with Crippen LogP contribution in [0.2, 0.25) is 0 Å². The zero-order valence-corrected chi connectivity index (χ0v) is 9.16. The van der Waals surface area contributed by atoms with Gasteiger partial charge in [-0.15, -0.1) is 6.58 Å². The fourth-order valence-electron chi connectivity index (χ4n) is 1.29. The van der Waals surface area contributed by atoms with E-state index < -0.39 is 4.92 Å². The minimum Gasteiger partial charge on any atom is -0.333 e. The number of fused-ring (bicyclic) bond motifs is 1. The summed E-state index contributed by atoms with van der Waals surface area (Å²) < 4.78 is 0. The van der Waals surface area contributed by atoms with Crippen LogP contribution in [0.25, 0.3) is 11.0 Å². The standard InChI is InChI=1S/C10H9N3O2S/c1-2-5-16-10-11-8-4-3-7(13(14)15)6-9(8)12-10/h2-4,6H,1,5H2,(H,11,12). The Labute approximate surface area is 95.7 Å². The first-order chi connectivity index (χ1) is 7.70. The summed E-state index contributed by atoms with van der Waals surface area (Å²) in [6, 6.07) is 4.58. The topological polar surface area (TPSA) is 71.8 Å². The molecule has 2 rings (SSSR count). The van der Waals surface area contributed by atoms with Gasteiger partial charge in [-0.3, -0.25) is 10.1 Å². The SMILES string of the molecule is C=CCSc1nc2ccc([N+](=O)[O-])cc2[nH]1. The molecular weight excluding hydrogens is 226 g/mol. The highest BCUT2D eigenvalue weighted by atomic mass is 32.2. The number of nitro benzene ring substituents is 1. The number of aromatic nitrogens is 2. The van der Waals surface area contributed by atoms with Crippen molar-refractivity contribution in [2.24, 2.45) is 0 Å². The van der Waals surface area contributed by atoms with Crippen molar-refractivity contribution in [2.75, 3.05) is 5.75 Å². The molecule has 5 nitrogen and oxygen atoms in total. The maximum absolute atomic E-state index is 10.6. The largest absolute Gasteiger partial charge is 0.333 e. The van der Waals surface area contributed by atoms with Crippen molar-refractivity contribution < 1.29 is 4.92 Å². The van der Waals surface area contributed by atoms with Gasteiger partial charge in [0.15, 0.2) is 5.16 Å². The van der Waals surface area contributed by atoms with Gasteiger partial charge >= 0.3 is 0 Å². The summed E-state index contributed by atoms with van der Waals surface area (Å²) in [7, 11) is 0. The Bertz CT molecular complexity index is 550. The third-order valence-electron chi connectivity index (χ3n) is 1.99. The molecule has 0 atom stereocenters. The molecule has 82 valence electrons. The van der Waals surface area contributed by atoms with Crippen LogP contribution in [0.5, 0.6) is 0 Å². The van der Waals surface area contributed by atoms with E-state index in [1.807, 2.05) is 0 Å². The molecule has 0 radical (unpaired) electrons. The van der Waals surface area contributed by atoms with Crippen LogP contribution in [0.1, 0.15) is 0 Å². The molecule has 0 bridgehead atoms. The van der Waals surface area contributed by atoms with Crippen molar-refractivity contribution in [3.05, 3.63) is 41.0 Å². The molecule has 2 aromatic rings. The molecule has 0 aliphatic heterocycles. The van der Waals surface area contributed by atoms with Crippen molar-refractivity contribution in [1.82, 2.24) is 9.97 Å². The molecule has 0 aliphatic rings. The van der Waals surface area contributed by atoms with Crippen molar-refractivity contribution in [2.45, 2.75) is 5.16 Å². The van der Waals surface area contributed by atoms with Gasteiger partial charge < -0.3 is 4.98 Å². The van der Waals surface area contributed by atoms with Gasteiger partial charge in [0.2, 0.25) is 0 Å². The second-order valence-corrected chi connectivity index (χ2v) is 4.11. The van der Waals surface area contributed by atoms with E-state index in [-0.39, 0.29) is 5.69 Å². The van der Waals surface area contributed by atoms with Gasteiger partial charge in [0.25, 0.3) is 5.69 Å². The smallest absolute Gasteiger partial charge is 0.271 e. The quantitative estimate of drug-likeness (QED) is 0.383. The van der Waals surface area contributed by atoms with Crippen molar-refractivity contribution in [3.8, 4) is 0 Å². The highest BCUT2D eigenvalue weighted by Gasteiger charge is 2.09. The molecule has 0 saturated carbocycles. The summed E-state index contributed by atoms with van der Waals surface area (Å²) in [5, 5.41) is 11.3. The Morgan fingerprint density at radius 3 is 3.12 bits per heavy atom. The molecule has 1 aromatic carbocycles. The molecule has 16 heavy (non-hydrogen) atoms. The van der Waals surface area contributed by atoms with Crippen LogP contribution < -0.4 is 0 Å². The third kappa shape index (κ3) is 2.06. The number of nitrogens with zero attached hydrogens (tertiary/aromatic N) is 2. The first-order valence-corrected chi connectivity index (χ1v) is 5.57. The lowest BCUT2D eigenvalue weighted by Crippen LogP contribution is -1.86. The van der Waals surface area contributed by atoms with E-state index in [9.17, 15) is 10.1 Å². The van der Waals surface area contributed by atoms with Crippen LogP contribution in [-0.2, 0) is 0 Å². The van der Waals surface area contributed by atoms with E-state index in [1.54, 1.807) is 12.1 Å². The molecular formula is C10H9N3O2S. The van der Waals surface area contributed by atoms with Gasteiger partial charge in [-0.05, 0) is 6.07 Å². The fraction of sp³-hybridized carbons (Fsp3) is 0.100. The van der Waals surface area contributed by atoms with Crippen LogP contribution in [0, 0.1) is 10.1 Å². The van der Waals surface area contributed by atoms with Gasteiger partial charge in [0.1, 0.15) is 0 Å². The minimum absolute atomic E-state index is 0.0661. The Morgan fingerprint density at radius 1 is 1.62 bits per heavy atom. The monoisotopic (exact) mass is 235 g/mol. The predicted octanol–water partition coefficient (Wildman–Crippen LogP) is 2.75. The number of thioether (sulfide) groups is 1. The Balaban J connectivity index is 2.37. The summed E-state index contributed by atoms with van der Waals surface area (Å²) in [6.45, 7) is 3.62. The molecule has 1 aromatic heterocycles. The number of nitrogens with one attached hydrogen (secondary N) is 1. The lowest BCUT2D eigenvalue weighted by molar-refractivity contribution is -0.384. The number of nitro groups is 1. The molecule has 0 amide bonds. The molecule has 1 heterocycles. The maximum Gasteiger partial charge on any atom is 0.271 e. The molecule has 1 N–H and O–H groups in total. The lowest BCUT2D eigenvalue weighted by atomic mass is 10.3. The van der Waals surface area contributed by atoms with E-state index >= 15 is 0 Å². The Morgan fingerprint density at radius 2 is 2.44 bits per heavy atom. The summed E-state index contributed by atoms with van der Waals surface area (Å²) >= 11 is 1.51. The molecule has 0 saturated heterocycles. The number of non-ortho nitro benzene ring substituents is 1. The first-order valence-electron chi connectivity index (χ1n) is 4.58. The van der Waals surface area contributed by atoms with Crippen molar-refractivity contribution >= 4 is 28.5 Å². The summed E-state index contributed by atoms with van der Waals surface area (Å²) in [6.07, 6.45) is 1.78. The van der Waals surface area contributed by atoms with Crippen LogP contribution >= 0.6 is 11.8 Å². The van der Waals surface area contributed by atoms with E-state index in [2.05, 4.69) is 16.5 Å². The van der Waals surface area contributed by atoms with Crippen LogP contribution in [0.3, 0.4) is 0 Å². The lowest BCUT2D eigenvalue weighted by Gasteiger charge is -1.89. The highest BCUT2D eigenvalue weighted by molar-refractivity contribution is 7.99. The average molecular weight is 235 g/mol. The maximum atomic E-state index is 10.6. The molecule has 0 aliphatic carbocycles. The van der Waals surface area contributed by atoms with Gasteiger partial charge in [-0.1, -0.05) is 17.8 Å². The van der Waals surface area contributed by atoms with Crippen LogP contribution in [-0.4, -0.2) is 20.6 Å². The Kier molecular flexibility index (Phi) is 2.91. The van der Waals surface area contributed by atoms with Crippen molar-refractivity contribution in [3.63, 3.8) is 0 Å². The Hall–Kier alpha value is -1.82. The number of hydrogen-bond acceptors (Lipinski definition) is 4. The number of H-pyrrole nitrogens is 1. The van der Waals surface area contributed by atoms with Gasteiger partial charge in [0, 0.05) is 17.9 Å². The minimum atomic E-state index is -0.420. The van der Waals surface area contributed by atoms with E-state index in [0.717, 1.165) is 16.4 Å². The first kappa shape index (κ1) is 10.7. The molecule has 0 unspecified atom stereocenters. The van der Waals surface area contributed by atoms with E-state index in [0.29, 0.717) is 5.52 Å². The average Bonchev–Trinajstić information content (AvgIpc) is 2.67. The zero-order valence-electron chi connectivity index (χ0n) is 8.34. The van der Waals surface area contributed by atoms with Crippen LogP contribution in [0.4, 0.5) is 5.69 Å². The fourth-order valence-corrected chi connectivity index (χ4v) is 1.91. The number of benzene rings is 1. The number of imidazole rings is 1. The van der Waals surface area contributed by atoms with E-state index in [4.69, 9.17) is 0 Å². The van der Waals surface area contributed by atoms with Gasteiger partial charge in [-0.2, -0.15) is 0 Å². The number of rotatable bonds is 4. The van der Waals surface area contributed by atoms with Crippen molar-refractivity contribution in [1.29, 1.82) is 0 Å². The summed E-state index contributed by atoms with van der Waals surface area (Å²) in [5.74, 6) is 0.752. The second kappa shape index (κ2) is 4.36. The summed E-state index contributed by atoms with van der Waals surface area (Å²) in [4.78, 5) is 17.5. The predicted molar refractivity (Wildman–Crippen MR) is 63.7 cm³/mol. The highest BCUT2D eigenvalue weighted by Crippen LogP contribution is 2.22. The summed E-state index contributed by atoms with van der Waals surface area (Å²) in [5.41, 5.74) is 1.48. The second-order valence-electron chi connectivity index (χ2n) is 3.10. The molecule has 0 fully saturated rings. The zero-order chi connectivity index (χ0) is 11.5. The van der Waals surface area contributed by atoms with Gasteiger partial charge in [-0.25, -0.2) is 4.98 Å². The number of aromatic amines is 1. The molecule has 6 heteroatoms. The normalized spacial score (nSPS) is 10.5.